The van der Waals surface area contributed by atoms with Crippen LogP contribution in [0.15, 0.2) is 42.5 Å². The Morgan fingerprint density at radius 2 is 1.85 bits per heavy atom. The zero-order chi connectivity index (χ0) is 14.5. The van der Waals surface area contributed by atoms with Gasteiger partial charge in [-0.1, -0.05) is 30.3 Å². The highest BCUT2D eigenvalue weighted by molar-refractivity contribution is 5.69. The van der Waals surface area contributed by atoms with Crippen molar-refractivity contribution in [2.45, 2.75) is 19.8 Å². The summed E-state index contributed by atoms with van der Waals surface area (Å²) in [6.07, 6.45) is 0.734. The molecule has 0 spiro atoms. The van der Waals surface area contributed by atoms with Crippen LogP contribution in [0.3, 0.4) is 0 Å². The van der Waals surface area contributed by atoms with Gasteiger partial charge >= 0.3 is 5.97 Å². The third-order valence-corrected chi connectivity index (χ3v) is 3.33. The number of aliphatic carboxylic acids is 1. The van der Waals surface area contributed by atoms with Crippen molar-refractivity contribution in [1.82, 2.24) is 0 Å². The first-order valence-electron chi connectivity index (χ1n) is 6.56. The predicted molar refractivity (Wildman–Crippen MR) is 79.1 cm³/mol. The lowest BCUT2D eigenvalue weighted by Crippen LogP contribution is -1.97. The number of aryl methyl sites for hydroxylation is 2. The summed E-state index contributed by atoms with van der Waals surface area (Å²) in [5.41, 5.74) is 4.49. The molecule has 3 nitrogen and oxygen atoms in total. The van der Waals surface area contributed by atoms with Crippen LogP contribution in [-0.2, 0) is 11.2 Å². The average Bonchev–Trinajstić information content (AvgIpc) is 2.45. The molecule has 1 N–H and O–H groups in total. The molecule has 20 heavy (non-hydrogen) atoms. The number of carbonyl (C=O) groups is 1. The molecule has 0 saturated heterocycles. The van der Waals surface area contributed by atoms with Crippen molar-refractivity contribution in [1.29, 1.82) is 0 Å². The Hall–Kier alpha value is -2.29. The molecule has 0 aliphatic heterocycles. The number of hydrogen-bond acceptors (Lipinski definition) is 2. The van der Waals surface area contributed by atoms with Crippen LogP contribution in [0, 0.1) is 6.92 Å². The van der Waals surface area contributed by atoms with Gasteiger partial charge in [-0.15, -0.1) is 0 Å². The van der Waals surface area contributed by atoms with Crippen molar-refractivity contribution in [3.05, 3.63) is 53.6 Å². The minimum Gasteiger partial charge on any atom is -0.497 e. The summed E-state index contributed by atoms with van der Waals surface area (Å²) < 4.78 is 5.20. The molecule has 2 rings (SSSR count). The van der Waals surface area contributed by atoms with Gasteiger partial charge in [0.15, 0.2) is 0 Å². The zero-order valence-electron chi connectivity index (χ0n) is 11.7. The van der Waals surface area contributed by atoms with E-state index in [1.165, 1.54) is 0 Å². The lowest BCUT2D eigenvalue weighted by Gasteiger charge is -2.09. The quantitative estimate of drug-likeness (QED) is 0.901. The van der Waals surface area contributed by atoms with Gasteiger partial charge in [-0.2, -0.15) is 0 Å². The van der Waals surface area contributed by atoms with E-state index in [1.807, 2.05) is 42.5 Å². The maximum atomic E-state index is 10.6. The molecule has 0 atom stereocenters. The van der Waals surface area contributed by atoms with Gasteiger partial charge in [0, 0.05) is 6.42 Å². The van der Waals surface area contributed by atoms with E-state index in [-0.39, 0.29) is 6.42 Å². The van der Waals surface area contributed by atoms with Crippen molar-refractivity contribution in [3.8, 4) is 16.9 Å². The normalized spacial score (nSPS) is 10.3. The van der Waals surface area contributed by atoms with Gasteiger partial charge in [0.25, 0.3) is 0 Å². The third kappa shape index (κ3) is 3.38. The Morgan fingerprint density at radius 1 is 1.15 bits per heavy atom. The number of methoxy groups -OCH3 is 1. The maximum Gasteiger partial charge on any atom is 0.303 e. The number of ether oxygens (including phenoxy) is 1. The molecule has 0 bridgehead atoms. The topological polar surface area (TPSA) is 46.5 Å². The van der Waals surface area contributed by atoms with Gasteiger partial charge in [-0.3, -0.25) is 4.79 Å². The number of hydrogen-bond donors (Lipinski definition) is 1. The Labute approximate surface area is 118 Å². The third-order valence-electron chi connectivity index (χ3n) is 3.33. The molecular weight excluding hydrogens is 252 g/mol. The van der Waals surface area contributed by atoms with Gasteiger partial charge < -0.3 is 9.84 Å². The largest absolute Gasteiger partial charge is 0.497 e. The molecule has 0 aromatic heterocycles. The zero-order valence-corrected chi connectivity index (χ0v) is 11.7. The maximum absolute atomic E-state index is 10.6. The summed E-state index contributed by atoms with van der Waals surface area (Å²) in [6.45, 7) is 2.05. The van der Waals surface area contributed by atoms with Gasteiger partial charge in [0.1, 0.15) is 5.75 Å². The van der Waals surface area contributed by atoms with E-state index in [0.29, 0.717) is 6.42 Å². The van der Waals surface area contributed by atoms with Crippen LogP contribution in [0.2, 0.25) is 0 Å². The SMILES string of the molecule is COc1ccc(-c2ccc(CCC(=O)O)cc2)c(C)c1. The highest BCUT2D eigenvalue weighted by atomic mass is 16.5. The van der Waals surface area contributed by atoms with E-state index < -0.39 is 5.97 Å². The van der Waals surface area contributed by atoms with E-state index in [0.717, 1.165) is 28.0 Å². The number of benzene rings is 2. The van der Waals surface area contributed by atoms with E-state index in [4.69, 9.17) is 9.84 Å². The van der Waals surface area contributed by atoms with E-state index in [9.17, 15) is 4.79 Å². The molecule has 0 fully saturated rings. The van der Waals surface area contributed by atoms with Crippen molar-refractivity contribution in [2.75, 3.05) is 7.11 Å². The Morgan fingerprint density at radius 3 is 2.40 bits per heavy atom. The number of carboxylic acids is 1. The van der Waals surface area contributed by atoms with Crippen molar-refractivity contribution < 1.29 is 14.6 Å². The Kier molecular flexibility index (Phi) is 4.41. The van der Waals surface area contributed by atoms with E-state index >= 15 is 0 Å². The minimum absolute atomic E-state index is 0.168. The lowest BCUT2D eigenvalue weighted by atomic mass is 9.98. The fourth-order valence-corrected chi connectivity index (χ4v) is 2.19. The Balaban J connectivity index is 2.19. The van der Waals surface area contributed by atoms with Crippen molar-refractivity contribution >= 4 is 5.97 Å². The molecule has 0 radical (unpaired) electrons. The molecule has 104 valence electrons. The Bertz CT molecular complexity index is 600. The number of rotatable bonds is 5. The second kappa shape index (κ2) is 6.24. The van der Waals surface area contributed by atoms with Crippen molar-refractivity contribution in [2.24, 2.45) is 0 Å². The molecule has 0 saturated carbocycles. The molecule has 0 aliphatic carbocycles. The van der Waals surface area contributed by atoms with Gasteiger partial charge in [-0.25, -0.2) is 0 Å². The van der Waals surface area contributed by atoms with Crippen LogP contribution in [0.25, 0.3) is 11.1 Å². The summed E-state index contributed by atoms with van der Waals surface area (Å²) in [5, 5.41) is 8.68. The monoisotopic (exact) mass is 270 g/mol. The predicted octanol–water partition coefficient (Wildman–Crippen LogP) is 3.69. The second-order valence-electron chi connectivity index (χ2n) is 4.77. The number of carboxylic acid groups (broad SMARTS) is 1. The van der Waals surface area contributed by atoms with E-state index in [1.54, 1.807) is 7.11 Å². The first-order valence-corrected chi connectivity index (χ1v) is 6.56. The molecule has 0 heterocycles. The van der Waals surface area contributed by atoms with Crippen LogP contribution < -0.4 is 4.74 Å². The van der Waals surface area contributed by atoms with Crippen LogP contribution in [0.5, 0.6) is 5.75 Å². The summed E-state index contributed by atoms with van der Waals surface area (Å²) in [7, 11) is 1.66. The van der Waals surface area contributed by atoms with Gasteiger partial charge in [-0.05, 0) is 47.7 Å². The smallest absolute Gasteiger partial charge is 0.303 e. The standard InChI is InChI=1S/C17H18O3/c1-12-11-15(20-2)8-9-16(12)14-6-3-13(4-7-14)5-10-17(18)19/h3-4,6-9,11H,5,10H2,1-2H3,(H,18,19). The van der Waals surface area contributed by atoms with Crippen LogP contribution >= 0.6 is 0 Å². The average molecular weight is 270 g/mol. The first-order chi connectivity index (χ1) is 9.60. The molecule has 2 aromatic rings. The lowest BCUT2D eigenvalue weighted by molar-refractivity contribution is -0.136. The summed E-state index contributed by atoms with van der Waals surface area (Å²) >= 11 is 0. The fourth-order valence-electron chi connectivity index (χ4n) is 2.19. The molecule has 0 unspecified atom stereocenters. The summed E-state index contributed by atoms with van der Waals surface area (Å²) in [4.78, 5) is 10.6. The van der Waals surface area contributed by atoms with Crippen molar-refractivity contribution in [3.63, 3.8) is 0 Å². The summed E-state index contributed by atoms with van der Waals surface area (Å²) in [5.74, 6) is 0.0874. The van der Waals surface area contributed by atoms with Gasteiger partial charge in [0.05, 0.1) is 7.11 Å². The molecule has 2 aromatic carbocycles. The minimum atomic E-state index is -0.764. The van der Waals surface area contributed by atoms with E-state index in [2.05, 4.69) is 6.92 Å². The highest BCUT2D eigenvalue weighted by Gasteiger charge is 2.04. The fraction of sp³-hybridized carbons (Fsp3) is 0.235. The molecule has 0 amide bonds. The molecular formula is C17H18O3. The second-order valence-corrected chi connectivity index (χ2v) is 4.77. The molecule has 0 aliphatic rings. The highest BCUT2D eigenvalue weighted by Crippen LogP contribution is 2.27. The summed E-state index contributed by atoms with van der Waals surface area (Å²) in [6, 6.07) is 14.0. The van der Waals surface area contributed by atoms with Crippen LogP contribution in [-0.4, -0.2) is 18.2 Å². The van der Waals surface area contributed by atoms with Crippen LogP contribution in [0.4, 0.5) is 0 Å². The first kappa shape index (κ1) is 14.1. The molecule has 3 heteroatoms. The van der Waals surface area contributed by atoms with Gasteiger partial charge in [0.2, 0.25) is 0 Å². The van der Waals surface area contributed by atoms with Crippen LogP contribution in [0.1, 0.15) is 17.5 Å².